The molecule has 3 rings (SSSR count). The molecule has 0 bridgehead atoms. The maximum Gasteiger partial charge on any atom is 0.315 e. The third-order valence-electron chi connectivity index (χ3n) is 3.53. The lowest BCUT2D eigenvalue weighted by Gasteiger charge is -2.01. The number of rotatable bonds is 8. The number of hydrogen-bond acceptors (Lipinski definition) is 5. The molecule has 0 atom stereocenters. The standard InChI is InChI=1S/C17H21N5O/c1-2-3-9-16-20-21-17(23-16)18-10-15-11-19-22(13-15)12-14-7-5-4-6-8-14/h4-8,11,13H,2-3,9-10,12H2,1H3,(H,18,21). The molecule has 6 nitrogen and oxygen atoms in total. The van der Waals surface area contributed by atoms with Crippen LogP contribution in [0.3, 0.4) is 0 Å². The molecule has 1 N–H and O–H groups in total. The fraction of sp³-hybridized carbons (Fsp3) is 0.353. The average molecular weight is 311 g/mol. The van der Waals surface area contributed by atoms with E-state index >= 15 is 0 Å². The van der Waals surface area contributed by atoms with E-state index in [0.29, 0.717) is 18.5 Å². The first-order valence-electron chi connectivity index (χ1n) is 7.95. The normalized spacial score (nSPS) is 10.8. The number of anilines is 1. The summed E-state index contributed by atoms with van der Waals surface area (Å²) in [7, 11) is 0. The predicted octanol–water partition coefficient (Wildman–Crippen LogP) is 3.27. The third-order valence-corrected chi connectivity index (χ3v) is 3.53. The van der Waals surface area contributed by atoms with E-state index in [1.807, 2.05) is 35.3 Å². The summed E-state index contributed by atoms with van der Waals surface area (Å²) in [6, 6.07) is 10.7. The number of aromatic nitrogens is 4. The Bertz CT molecular complexity index is 719. The van der Waals surface area contributed by atoms with Crippen LogP contribution in [0.4, 0.5) is 6.01 Å². The van der Waals surface area contributed by atoms with Gasteiger partial charge < -0.3 is 9.73 Å². The second-order valence-corrected chi connectivity index (χ2v) is 5.49. The maximum atomic E-state index is 5.55. The molecule has 2 heterocycles. The smallest absolute Gasteiger partial charge is 0.315 e. The molecule has 0 saturated heterocycles. The van der Waals surface area contributed by atoms with Crippen LogP contribution in [-0.2, 0) is 19.5 Å². The summed E-state index contributed by atoms with van der Waals surface area (Å²) in [6.45, 7) is 3.52. The van der Waals surface area contributed by atoms with Gasteiger partial charge in [0, 0.05) is 24.7 Å². The Balaban J connectivity index is 1.52. The van der Waals surface area contributed by atoms with E-state index in [9.17, 15) is 0 Å². The van der Waals surface area contributed by atoms with Gasteiger partial charge in [0.15, 0.2) is 0 Å². The molecular formula is C17H21N5O. The van der Waals surface area contributed by atoms with Gasteiger partial charge in [-0.15, -0.1) is 5.10 Å². The predicted molar refractivity (Wildman–Crippen MR) is 88.0 cm³/mol. The highest BCUT2D eigenvalue weighted by Gasteiger charge is 2.06. The van der Waals surface area contributed by atoms with Crippen LogP contribution in [-0.4, -0.2) is 20.0 Å². The van der Waals surface area contributed by atoms with Crippen LogP contribution in [0.25, 0.3) is 0 Å². The van der Waals surface area contributed by atoms with E-state index in [1.54, 1.807) is 0 Å². The molecule has 0 amide bonds. The molecule has 120 valence electrons. The molecule has 3 aromatic rings. The number of unbranched alkanes of at least 4 members (excludes halogenated alkanes) is 1. The number of hydrogen-bond donors (Lipinski definition) is 1. The van der Waals surface area contributed by atoms with Gasteiger partial charge in [0.05, 0.1) is 12.7 Å². The molecule has 1 aromatic carbocycles. The van der Waals surface area contributed by atoms with Crippen LogP contribution in [0.1, 0.15) is 36.8 Å². The molecular weight excluding hydrogens is 290 g/mol. The molecule has 0 fully saturated rings. The molecule has 0 spiro atoms. The van der Waals surface area contributed by atoms with Crippen molar-refractivity contribution in [1.29, 1.82) is 0 Å². The first kappa shape index (κ1) is 15.3. The highest BCUT2D eigenvalue weighted by atomic mass is 16.4. The Hall–Kier alpha value is -2.63. The van der Waals surface area contributed by atoms with E-state index in [0.717, 1.165) is 31.4 Å². The second-order valence-electron chi connectivity index (χ2n) is 5.49. The number of aryl methyl sites for hydroxylation is 1. The molecule has 0 saturated carbocycles. The van der Waals surface area contributed by atoms with E-state index in [4.69, 9.17) is 4.42 Å². The molecule has 0 aliphatic rings. The Morgan fingerprint density at radius 1 is 1.13 bits per heavy atom. The summed E-state index contributed by atoms with van der Waals surface area (Å²) >= 11 is 0. The van der Waals surface area contributed by atoms with Gasteiger partial charge in [0.2, 0.25) is 5.89 Å². The van der Waals surface area contributed by atoms with Crippen LogP contribution < -0.4 is 5.32 Å². The zero-order valence-corrected chi connectivity index (χ0v) is 13.3. The lowest BCUT2D eigenvalue weighted by molar-refractivity contribution is 0.495. The second kappa shape index (κ2) is 7.58. The molecule has 0 aliphatic heterocycles. The lowest BCUT2D eigenvalue weighted by Crippen LogP contribution is -2.00. The van der Waals surface area contributed by atoms with Gasteiger partial charge in [0.1, 0.15) is 0 Å². The molecule has 0 aliphatic carbocycles. The topological polar surface area (TPSA) is 68.8 Å². The monoisotopic (exact) mass is 311 g/mol. The van der Waals surface area contributed by atoms with Crippen molar-refractivity contribution in [2.45, 2.75) is 39.3 Å². The van der Waals surface area contributed by atoms with Gasteiger partial charge in [-0.05, 0) is 12.0 Å². The summed E-state index contributed by atoms with van der Waals surface area (Å²) < 4.78 is 7.47. The van der Waals surface area contributed by atoms with Crippen molar-refractivity contribution < 1.29 is 4.42 Å². The maximum absolute atomic E-state index is 5.55. The number of nitrogens with zero attached hydrogens (tertiary/aromatic N) is 4. The van der Waals surface area contributed by atoms with Gasteiger partial charge in [-0.3, -0.25) is 4.68 Å². The minimum absolute atomic E-state index is 0.465. The van der Waals surface area contributed by atoms with E-state index < -0.39 is 0 Å². The summed E-state index contributed by atoms with van der Waals surface area (Å²) in [4.78, 5) is 0. The van der Waals surface area contributed by atoms with Crippen molar-refractivity contribution in [3.8, 4) is 0 Å². The largest absolute Gasteiger partial charge is 0.408 e. The summed E-state index contributed by atoms with van der Waals surface area (Å²) in [5, 5.41) is 15.6. The Morgan fingerprint density at radius 3 is 2.83 bits per heavy atom. The van der Waals surface area contributed by atoms with Gasteiger partial charge in [-0.25, -0.2) is 0 Å². The molecule has 0 radical (unpaired) electrons. The van der Waals surface area contributed by atoms with Gasteiger partial charge >= 0.3 is 6.01 Å². The number of nitrogens with one attached hydrogen (secondary N) is 1. The quantitative estimate of drug-likeness (QED) is 0.691. The van der Waals surface area contributed by atoms with Crippen molar-refractivity contribution in [2.75, 3.05) is 5.32 Å². The van der Waals surface area contributed by atoms with Crippen LogP contribution in [0.5, 0.6) is 0 Å². The van der Waals surface area contributed by atoms with Crippen molar-refractivity contribution >= 4 is 6.01 Å². The summed E-state index contributed by atoms with van der Waals surface area (Å²) in [5.41, 5.74) is 2.31. The molecule has 0 unspecified atom stereocenters. The Morgan fingerprint density at radius 2 is 2.00 bits per heavy atom. The Labute approximate surface area is 135 Å². The first-order valence-corrected chi connectivity index (χ1v) is 7.95. The van der Waals surface area contributed by atoms with Crippen LogP contribution in [0.2, 0.25) is 0 Å². The summed E-state index contributed by atoms with van der Waals surface area (Å²) in [5.74, 6) is 0.689. The van der Waals surface area contributed by atoms with Crippen molar-refractivity contribution in [3.63, 3.8) is 0 Å². The fourth-order valence-electron chi connectivity index (χ4n) is 2.29. The third kappa shape index (κ3) is 4.42. The van der Waals surface area contributed by atoms with E-state index in [2.05, 4.69) is 39.7 Å². The van der Waals surface area contributed by atoms with Crippen molar-refractivity contribution in [3.05, 3.63) is 59.7 Å². The van der Waals surface area contributed by atoms with Gasteiger partial charge in [0.25, 0.3) is 0 Å². The van der Waals surface area contributed by atoms with Gasteiger partial charge in [-0.2, -0.15) is 5.10 Å². The number of benzene rings is 1. The lowest BCUT2D eigenvalue weighted by atomic mass is 10.2. The van der Waals surface area contributed by atoms with Crippen LogP contribution >= 0.6 is 0 Å². The highest BCUT2D eigenvalue weighted by Crippen LogP contribution is 2.10. The first-order chi connectivity index (χ1) is 11.3. The SMILES string of the molecule is CCCCc1nnc(NCc2cnn(Cc3ccccc3)c2)o1. The minimum atomic E-state index is 0.465. The van der Waals surface area contributed by atoms with E-state index in [-0.39, 0.29) is 0 Å². The minimum Gasteiger partial charge on any atom is -0.408 e. The highest BCUT2D eigenvalue weighted by molar-refractivity contribution is 5.21. The zero-order chi connectivity index (χ0) is 15.9. The van der Waals surface area contributed by atoms with Crippen molar-refractivity contribution in [2.24, 2.45) is 0 Å². The molecule has 6 heteroatoms. The van der Waals surface area contributed by atoms with Gasteiger partial charge in [-0.1, -0.05) is 48.8 Å². The fourth-order valence-corrected chi connectivity index (χ4v) is 2.29. The van der Waals surface area contributed by atoms with Crippen molar-refractivity contribution in [1.82, 2.24) is 20.0 Å². The zero-order valence-electron chi connectivity index (χ0n) is 13.3. The van der Waals surface area contributed by atoms with E-state index in [1.165, 1.54) is 5.56 Å². The molecule has 23 heavy (non-hydrogen) atoms. The average Bonchev–Trinajstić information content (AvgIpc) is 3.21. The molecule has 2 aromatic heterocycles. The van der Waals surface area contributed by atoms with Crippen LogP contribution in [0.15, 0.2) is 47.1 Å². The Kier molecular flexibility index (Phi) is 5.03. The van der Waals surface area contributed by atoms with Crippen LogP contribution in [0, 0.1) is 0 Å². The summed E-state index contributed by atoms with van der Waals surface area (Å²) in [6.07, 6.45) is 6.89.